The number of aromatic nitrogens is 1. The van der Waals surface area contributed by atoms with E-state index in [2.05, 4.69) is 9.71 Å². The van der Waals surface area contributed by atoms with E-state index in [1.807, 2.05) is 26.8 Å². The summed E-state index contributed by atoms with van der Waals surface area (Å²) in [7, 11) is -3.69. The number of rotatable bonds is 4. The Bertz CT molecular complexity index is 726. The van der Waals surface area contributed by atoms with Gasteiger partial charge in [-0.25, -0.2) is 13.1 Å². The zero-order valence-corrected chi connectivity index (χ0v) is 13.7. The minimum absolute atomic E-state index is 0.00174. The third-order valence-corrected chi connectivity index (χ3v) is 5.89. The molecular weight excluding hydrogens is 316 g/mol. The SMILES string of the molecule is Cc1cc(C(C)NS(=O)(=O)c2cnccc2Cl)c(C)s1. The van der Waals surface area contributed by atoms with E-state index in [1.165, 1.54) is 18.5 Å². The molecule has 2 rings (SSSR count). The number of hydrogen-bond donors (Lipinski definition) is 1. The van der Waals surface area contributed by atoms with Crippen molar-refractivity contribution in [2.24, 2.45) is 0 Å². The number of aryl methyl sites for hydroxylation is 2. The maximum Gasteiger partial charge on any atom is 0.244 e. The minimum atomic E-state index is -3.69. The van der Waals surface area contributed by atoms with Gasteiger partial charge in [0.15, 0.2) is 0 Å². The van der Waals surface area contributed by atoms with E-state index < -0.39 is 10.0 Å². The Morgan fingerprint density at radius 3 is 2.65 bits per heavy atom. The highest BCUT2D eigenvalue weighted by molar-refractivity contribution is 7.89. The topological polar surface area (TPSA) is 59.1 Å². The molecule has 4 nitrogen and oxygen atoms in total. The Morgan fingerprint density at radius 1 is 1.40 bits per heavy atom. The Balaban J connectivity index is 2.29. The second kappa shape index (κ2) is 5.81. The Labute approximate surface area is 127 Å². The van der Waals surface area contributed by atoms with Crippen LogP contribution in [0.4, 0.5) is 0 Å². The lowest BCUT2D eigenvalue weighted by Gasteiger charge is -2.14. The van der Waals surface area contributed by atoms with Crippen LogP contribution < -0.4 is 4.72 Å². The largest absolute Gasteiger partial charge is 0.263 e. The first kappa shape index (κ1) is 15.4. The first-order valence-corrected chi connectivity index (χ1v) is 8.68. The van der Waals surface area contributed by atoms with Gasteiger partial charge in [0.05, 0.1) is 5.02 Å². The van der Waals surface area contributed by atoms with Crippen LogP contribution in [0.5, 0.6) is 0 Å². The number of nitrogens with zero attached hydrogens (tertiary/aromatic N) is 1. The van der Waals surface area contributed by atoms with Crippen LogP contribution in [0.3, 0.4) is 0 Å². The molecule has 2 heterocycles. The molecule has 1 unspecified atom stereocenters. The van der Waals surface area contributed by atoms with Gasteiger partial charge in [0.25, 0.3) is 0 Å². The van der Waals surface area contributed by atoms with Crippen LogP contribution >= 0.6 is 22.9 Å². The summed E-state index contributed by atoms with van der Waals surface area (Å²) in [6.07, 6.45) is 2.71. The lowest BCUT2D eigenvalue weighted by molar-refractivity contribution is 0.566. The van der Waals surface area contributed by atoms with E-state index in [9.17, 15) is 8.42 Å². The van der Waals surface area contributed by atoms with E-state index in [0.717, 1.165) is 15.3 Å². The van der Waals surface area contributed by atoms with Gasteiger partial charge >= 0.3 is 0 Å². The molecular formula is C13H15ClN2O2S2. The summed E-state index contributed by atoms with van der Waals surface area (Å²) in [6.45, 7) is 5.80. The predicted octanol–water partition coefficient (Wildman–Crippen LogP) is 3.45. The summed E-state index contributed by atoms with van der Waals surface area (Å²) in [5, 5.41) is 0.165. The van der Waals surface area contributed by atoms with Crippen molar-refractivity contribution in [3.05, 3.63) is 44.9 Å². The molecule has 20 heavy (non-hydrogen) atoms. The predicted molar refractivity (Wildman–Crippen MR) is 81.8 cm³/mol. The highest BCUT2D eigenvalue weighted by Gasteiger charge is 2.22. The van der Waals surface area contributed by atoms with Crippen LogP contribution in [0.25, 0.3) is 0 Å². The lowest BCUT2D eigenvalue weighted by Crippen LogP contribution is -2.27. The molecule has 2 aromatic heterocycles. The van der Waals surface area contributed by atoms with Crippen molar-refractivity contribution >= 4 is 33.0 Å². The Hall–Kier alpha value is -0.950. The maximum absolute atomic E-state index is 12.3. The molecule has 0 saturated heterocycles. The fourth-order valence-electron chi connectivity index (χ4n) is 2.00. The average molecular weight is 331 g/mol. The minimum Gasteiger partial charge on any atom is -0.263 e. The molecule has 7 heteroatoms. The van der Waals surface area contributed by atoms with E-state index >= 15 is 0 Å². The molecule has 1 atom stereocenters. The van der Waals surface area contributed by atoms with Crippen LogP contribution in [-0.2, 0) is 10.0 Å². The highest BCUT2D eigenvalue weighted by atomic mass is 35.5. The fourth-order valence-corrected chi connectivity index (χ4v) is 4.68. The summed E-state index contributed by atoms with van der Waals surface area (Å²) in [5.41, 5.74) is 0.982. The quantitative estimate of drug-likeness (QED) is 0.934. The molecule has 0 saturated carbocycles. The van der Waals surface area contributed by atoms with Gasteiger partial charge in [-0.1, -0.05) is 11.6 Å². The van der Waals surface area contributed by atoms with E-state index in [0.29, 0.717) is 0 Å². The first-order chi connectivity index (χ1) is 9.31. The summed E-state index contributed by atoms with van der Waals surface area (Å²) < 4.78 is 27.3. The van der Waals surface area contributed by atoms with Crippen LogP contribution in [-0.4, -0.2) is 13.4 Å². The lowest BCUT2D eigenvalue weighted by atomic mass is 10.1. The smallest absolute Gasteiger partial charge is 0.244 e. The molecule has 0 amide bonds. The van der Waals surface area contributed by atoms with Gasteiger partial charge in [-0.05, 0) is 38.5 Å². The van der Waals surface area contributed by atoms with Crippen LogP contribution in [0.15, 0.2) is 29.4 Å². The normalized spacial score (nSPS) is 13.4. The zero-order valence-electron chi connectivity index (χ0n) is 11.3. The van der Waals surface area contributed by atoms with Crippen molar-refractivity contribution in [3.8, 4) is 0 Å². The molecule has 0 aliphatic carbocycles. The van der Waals surface area contributed by atoms with E-state index in [4.69, 9.17) is 11.6 Å². The second-order valence-electron chi connectivity index (χ2n) is 4.52. The van der Waals surface area contributed by atoms with Gasteiger partial charge in [-0.3, -0.25) is 4.98 Å². The van der Waals surface area contributed by atoms with Crippen LogP contribution in [0.2, 0.25) is 5.02 Å². The van der Waals surface area contributed by atoms with Gasteiger partial charge in [0, 0.05) is 28.2 Å². The van der Waals surface area contributed by atoms with Gasteiger partial charge in [0.2, 0.25) is 10.0 Å². The first-order valence-electron chi connectivity index (χ1n) is 6.00. The standard InChI is InChI=1S/C13H15ClN2O2S2/c1-8-6-11(10(3)19-8)9(2)16-20(17,18)13-7-15-5-4-12(13)14/h4-7,9,16H,1-3H3. The van der Waals surface area contributed by atoms with Gasteiger partial charge < -0.3 is 0 Å². The van der Waals surface area contributed by atoms with Crippen molar-refractivity contribution in [2.45, 2.75) is 31.7 Å². The number of halogens is 1. The van der Waals surface area contributed by atoms with Crippen molar-refractivity contribution in [3.63, 3.8) is 0 Å². The van der Waals surface area contributed by atoms with Crippen molar-refractivity contribution in [1.29, 1.82) is 0 Å². The number of thiophene rings is 1. The van der Waals surface area contributed by atoms with Gasteiger partial charge in [-0.2, -0.15) is 0 Å². The molecule has 0 aliphatic heterocycles. The number of nitrogens with one attached hydrogen (secondary N) is 1. The molecule has 0 fully saturated rings. The molecule has 0 radical (unpaired) electrons. The molecule has 0 aliphatic rings. The zero-order chi connectivity index (χ0) is 14.9. The summed E-state index contributed by atoms with van der Waals surface area (Å²) in [5.74, 6) is 0. The van der Waals surface area contributed by atoms with Gasteiger partial charge in [0.1, 0.15) is 4.90 Å². The average Bonchev–Trinajstić information content (AvgIpc) is 2.68. The fraction of sp³-hybridized carbons (Fsp3) is 0.308. The number of hydrogen-bond acceptors (Lipinski definition) is 4. The Morgan fingerprint density at radius 2 is 2.10 bits per heavy atom. The Kier molecular flexibility index (Phi) is 4.49. The second-order valence-corrected chi connectivity index (χ2v) is 8.07. The molecule has 0 bridgehead atoms. The monoisotopic (exact) mass is 330 g/mol. The van der Waals surface area contributed by atoms with Gasteiger partial charge in [-0.15, -0.1) is 11.3 Å². The molecule has 0 aromatic carbocycles. The number of sulfonamides is 1. The van der Waals surface area contributed by atoms with E-state index in [1.54, 1.807) is 11.3 Å². The molecule has 108 valence electrons. The third kappa shape index (κ3) is 3.20. The molecule has 1 N–H and O–H groups in total. The highest BCUT2D eigenvalue weighted by Crippen LogP contribution is 2.28. The van der Waals surface area contributed by atoms with Crippen molar-refractivity contribution in [2.75, 3.05) is 0 Å². The van der Waals surface area contributed by atoms with Crippen LogP contribution in [0, 0.1) is 13.8 Å². The summed E-state index contributed by atoms with van der Waals surface area (Å²) in [6, 6.07) is 3.14. The third-order valence-electron chi connectivity index (χ3n) is 2.90. The summed E-state index contributed by atoms with van der Waals surface area (Å²) in [4.78, 5) is 6.07. The summed E-state index contributed by atoms with van der Waals surface area (Å²) >= 11 is 7.57. The van der Waals surface area contributed by atoms with Crippen molar-refractivity contribution in [1.82, 2.24) is 9.71 Å². The maximum atomic E-state index is 12.3. The molecule has 2 aromatic rings. The molecule has 0 spiro atoms. The van der Waals surface area contributed by atoms with E-state index in [-0.39, 0.29) is 16.0 Å². The number of pyridine rings is 1. The van der Waals surface area contributed by atoms with Crippen LogP contribution in [0.1, 0.15) is 28.3 Å². The van der Waals surface area contributed by atoms with Crippen molar-refractivity contribution < 1.29 is 8.42 Å².